The lowest BCUT2D eigenvalue weighted by molar-refractivity contribution is -0.137. The quantitative estimate of drug-likeness (QED) is 0.620. The van der Waals surface area contributed by atoms with Gasteiger partial charge in [-0.05, 0) is 25.3 Å². The van der Waals surface area contributed by atoms with Crippen molar-refractivity contribution in [2.75, 3.05) is 26.7 Å². The van der Waals surface area contributed by atoms with Crippen LogP contribution in [0.2, 0.25) is 0 Å². The number of nitrogens with zero attached hydrogens (tertiary/aromatic N) is 2. The van der Waals surface area contributed by atoms with Crippen molar-refractivity contribution < 1.29 is 9.59 Å². The van der Waals surface area contributed by atoms with Crippen LogP contribution in [0.4, 0.5) is 0 Å². The predicted molar refractivity (Wildman–Crippen MR) is 62.3 cm³/mol. The van der Waals surface area contributed by atoms with E-state index in [-0.39, 0.29) is 17.9 Å². The summed E-state index contributed by atoms with van der Waals surface area (Å²) in [6, 6.07) is 0.331. The van der Waals surface area contributed by atoms with Crippen LogP contribution in [0.25, 0.3) is 0 Å². The van der Waals surface area contributed by atoms with Crippen molar-refractivity contribution in [3.63, 3.8) is 0 Å². The molecule has 3 atom stereocenters. The molecule has 17 heavy (non-hydrogen) atoms. The van der Waals surface area contributed by atoms with E-state index in [2.05, 4.69) is 10.2 Å². The van der Waals surface area contributed by atoms with Crippen LogP contribution >= 0.6 is 0 Å². The van der Waals surface area contributed by atoms with Gasteiger partial charge in [0.25, 0.3) is 0 Å². The Labute approximate surface area is 101 Å². The van der Waals surface area contributed by atoms with Crippen molar-refractivity contribution in [3.05, 3.63) is 0 Å². The molecule has 0 aromatic heterocycles. The Hall–Kier alpha value is -0.940. The summed E-state index contributed by atoms with van der Waals surface area (Å²) in [6.45, 7) is 2.98. The molecule has 3 rings (SSSR count). The third-order valence-electron chi connectivity index (χ3n) is 4.43. The average Bonchev–Trinajstić information content (AvgIpc) is 2.86. The first-order valence-corrected chi connectivity index (χ1v) is 6.44. The van der Waals surface area contributed by atoms with Gasteiger partial charge in [0, 0.05) is 26.2 Å². The first-order chi connectivity index (χ1) is 8.16. The van der Waals surface area contributed by atoms with E-state index in [1.54, 1.807) is 7.05 Å². The third-order valence-corrected chi connectivity index (χ3v) is 4.43. The Morgan fingerprint density at radius 1 is 1.29 bits per heavy atom. The van der Waals surface area contributed by atoms with Gasteiger partial charge in [-0.25, -0.2) is 0 Å². The van der Waals surface area contributed by atoms with Gasteiger partial charge in [-0.2, -0.15) is 0 Å². The molecular weight excluding hydrogens is 218 g/mol. The number of carbonyl (C=O) groups excluding carboxylic acids is 2. The second kappa shape index (κ2) is 4.07. The summed E-state index contributed by atoms with van der Waals surface area (Å²) in [4.78, 5) is 27.0. The van der Waals surface area contributed by atoms with Crippen LogP contribution in [0.5, 0.6) is 0 Å². The van der Waals surface area contributed by atoms with Crippen LogP contribution in [0.15, 0.2) is 0 Å². The summed E-state index contributed by atoms with van der Waals surface area (Å²) in [5, 5.41) is 3.52. The number of nitrogens with one attached hydrogen (secondary N) is 1. The van der Waals surface area contributed by atoms with E-state index in [1.165, 1.54) is 17.7 Å². The SMILES string of the molecule is CN1C(=O)CC(N2C[C@@H]3CCCN[C@@H]3C2)C1=O. The lowest BCUT2D eigenvalue weighted by Gasteiger charge is -2.24. The van der Waals surface area contributed by atoms with Crippen molar-refractivity contribution >= 4 is 11.8 Å². The number of piperidine rings is 1. The van der Waals surface area contributed by atoms with E-state index in [1.807, 2.05) is 0 Å². The largest absolute Gasteiger partial charge is 0.312 e. The molecule has 0 radical (unpaired) electrons. The maximum Gasteiger partial charge on any atom is 0.246 e. The van der Waals surface area contributed by atoms with Gasteiger partial charge in [0.05, 0.1) is 12.5 Å². The average molecular weight is 237 g/mol. The van der Waals surface area contributed by atoms with E-state index in [9.17, 15) is 9.59 Å². The summed E-state index contributed by atoms with van der Waals surface area (Å²) in [5.74, 6) is 0.606. The third kappa shape index (κ3) is 1.77. The summed E-state index contributed by atoms with van der Waals surface area (Å²) >= 11 is 0. The Bertz CT molecular complexity index is 344. The van der Waals surface area contributed by atoms with Crippen molar-refractivity contribution in [3.8, 4) is 0 Å². The molecule has 1 unspecified atom stereocenters. The molecule has 94 valence electrons. The van der Waals surface area contributed by atoms with Crippen LogP contribution in [-0.2, 0) is 9.59 Å². The van der Waals surface area contributed by atoms with Crippen LogP contribution < -0.4 is 5.32 Å². The molecule has 0 saturated carbocycles. The van der Waals surface area contributed by atoms with Gasteiger partial charge in [-0.15, -0.1) is 0 Å². The van der Waals surface area contributed by atoms with Gasteiger partial charge < -0.3 is 5.32 Å². The number of carbonyl (C=O) groups is 2. The highest BCUT2D eigenvalue weighted by Gasteiger charge is 2.45. The van der Waals surface area contributed by atoms with Crippen molar-refractivity contribution in [2.45, 2.75) is 31.3 Å². The van der Waals surface area contributed by atoms with Crippen molar-refractivity contribution in [1.82, 2.24) is 15.1 Å². The second-order valence-electron chi connectivity index (χ2n) is 5.43. The molecule has 0 bridgehead atoms. The van der Waals surface area contributed by atoms with Gasteiger partial charge >= 0.3 is 0 Å². The maximum absolute atomic E-state index is 12.0. The number of hydrogen-bond donors (Lipinski definition) is 1. The molecule has 3 fully saturated rings. The maximum atomic E-state index is 12.0. The molecular formula is C12H19N3O2. The first kappa shape index (κ1) is 11.2. The lowest BCUT2D eigenvalue weighted by Crippen LogP contribution is -2.42. The summed E-state index contributed by atoms with van der Waals surface area (Å²) in [7, 11) is 1.59. The minimum Gasteiger partial charge on any atom is -0.312 e. The molecule has 5 nitrogen and oxygen atoms in total. The molecule has 0 aromatic rings. The van der Waals surface area contributed by atoms with Gasteiger partial charge in [0.2, 0.25) is 11.8 Å². The Morgan fingerprint density at radius 2 is 2.12 bits per heavy atom. The van der Waals surface area contributed by atoms with E-state index in [0.717, 1.165) is 19.6 Å². The molecule has 0 aliphatic carbocycles. The topological polar surface area (TPSA) is 52.7 Å². The number of hydrogen-bond acceptors (Lipinski definition) is 4. The van der Waals surface area contributed by atoms with Crippen LogP contribution in [0.3, 0.4) is 0 Å². The summed E-state index contributed by atoms with van der Waals surface area (Å²) in [6.07, 6.45) is 2.85. The smallest absolute Gasteiger partial charge is 0.246 e. The number of likely N-dealkylation sites (tertiary alicyclic amines) is 2. The van der Waals surface area contributed by atoms with Crippen molar-refractivity contribution in [1.29, 1.82) is 0 Å². The van der Waals surface area contributed by atoms with Gasteiger partial charge in [0.1, 0.15) is 0 Å². The van der Waals surface area contributed by atoms with E-state index < -0.39 is 0 Å². The van der Waals surface area contributed by atoms with Gasteiger partial charge in [0.15, 0.2) is 0 Å². The molecule has 3 aliphatic heterocycles. The fourth-order valence-electron chi connectivity index (χ4n) is 3.36. The zero-order valence-electron chi connectivity index (χ0n) is 10.2. The highest BCUT2D eigenvalue weighted by Crippen LogP contribution is 2.29. The second-order valence-corrected chi connectivity index (χ2v) is 5.43. The molecule has 3 heterocycles. The molecule has 3 saturated heterocycles. The monoisotopic (exact) mass is 237 g/mol. The van der Waals surface area contributed by atoms with E-state index in [4.69, 9.17) is 0 Å². The van der Waals surface area contributed by atoms with E-state index in [0.29, 0.717) is 18.4 Å². The fraction of sp³-hybridized carbons (Fsp3) is 0.833. The molecule has 5 heteroatoms. The van der Waals surface area contributed by atoms with Crippen molar-refractivity contribution in [2.24, 2.45) is 5.92 Å². The molecule has 2 amide bonds. The number of imide groups is 1. The van der Waals surface area contributed by atoms with Gasteiger partial charge in [-0.3, -0.25) is 19.4 Å². The normalized spacial score (nSPS) is 38.9. The molecule has 3 aliphatic rings. The summed E-state index contributed by atoms with van der Waals surface area (Å²) in [5.41, 5.74) is 0. The van der Waals surface area contributed by atoms with Crippen LogP contribution in [0.1, 0.15) is 19.3 Å². The Kier molecular flexibility index (Phi) is 2.67. The fourth-order valence-corrected chi connectivity index (χ4v) is 3.36. The molecule has 0 aromatic carbocycles. The highest BCUT2D eigenvalue weighted by molar-refractivity contribution is 6.05. The summed E-state index contributed by atoms with van der Waals surface area (Å²) < 4.78 is 0. The number of amides is 2. The number of likely N-dealkylation sites (N-methyl/N-ethyl adjacent to an activating group) is 1. The zero-order chi connectivity index (χ0) is 12.0. The lowest BCUT2D eigenvalue weighted by atomic mass is 9.94. The number of fused-ring (bicyclic) bond motifs is 1. The standard InChI is InChI=1S/C12H19N3O2/c1-14-11(16)5-10(12(14)17)15-6-8-3-2-4-13-9(8)7-15/h8-10,13H,2-7H2,1H3/t8-,9+,10?/m0/s1. The zero-order valence-corrected chi connectivity index (χ0v) is 10.2. The minimum absolute atomic E-state index is 0.0198. The molecule has 1 N–H and O–H groups in total. The van der Waals surface area contributed by atoms with Gasteiger partial charge in [-0.1, -0.05) is 0 Å². The van der Waals surface area contributed by atoms with Crippen LogP contribution in [0, 0.1) is 5.92 Å². The first-order valence-electron chi connectivity index (χ1n) is 6.44. The minimum atomic E-state index is -0.195. The Morgan fingerprint density at radius 3 is 2.76 bits per heavy atom. The predicted octanol–water partition coefficient (Wildman–Crippen LogP) is -0.572. The van der Waals surface area contributed by atoms with Crippen LogP contribution in [-0.4, -0.2) is 60.4 Å². The highest BCUT2D eigenvalue weighted by atomic mass is 16.2. The Balaban J connectivity index is 1.70. The number of rotatable bonds is 1. The molecule has 0 spiro atoms. The van der Waals surface area contributed by atoms with E-state index >= 15 is 0 Å².